The number of hydrogen-bond donors (Lipinski definition) is 1. The van der Waals surface area contributed by atoms with E-state index >= 15 is 0 Å². The van der Waals surface area contributed by atoms with Gasteiger partial charge < -0.3 is 10.5 Å². The molecule has 0 amide bonds. The summed E-state index contributed by atoms with van der Waals surface area (Å²) in [6, 6.07) is 11.9. The van der Waals surface area contributed by atoms with Crippen molar-refractivity contribution in [3.8, 4) is 5.75 Å². The first-order valence-electron chi connectivity index (χ1n) is 5.81. The van der Waals surface area contributed by atoms with Gasteiger partial charge >= 0.3 is 0 Å². The van der Waals surface area contributed by atoms with Crippen LogP contribution in [-0.2, 0) is 6.61 Å². The lowest BCUT2D eigenvalue weighted by atomic mass is 10.1. The van der Waals surface area contributed by atoms with Crippen LogP contribution in [0.3, 0.4) is 0 Å². The molecular formula is C15H16BrNO. The SMILES string of the molecule is Cc1ccc(OCc2c(C)cccc2N)c(Br)c1. The van der Waals surface area contributed by atoms with Crippen LogP contribution in [0, 0.1) is 13.8 Å². The Labute approximate surface area is 116 Å². The quantitative estimate of drug-likeness (QED) is 0.861. The van der Waals surface area contributed by atoms with Gasteiger partial charge in [-0.2, -0.15) is 0 Å². The van der Waals surface area contributed by atoms with Gasteiger partial charge in [0, 0.05) is 11.3 Å². The summed E-state index contributed by atoms with van der Waals surface area (Å²) in [5.41, 5.74) is 10.1. The van der Waals surface area contributed by atoms with Crippen LogP contribution in [-0.4, -0.2) is 0 Å². The van der Waals surface area contributed by atoms with Crippen LogP contribution in [0.5, 0.6) is 5.75 Å². The highest BCUT2D eigenvalue weighted by atomic mass is 79.9. The maximum Gasteiger partial charge on any atom is 0.134 e. The van der Waals surface area contributed by atoms with Crippen LogP contribution >= 0.6 is 15.9 Å². The number of rotatable bonds is 3. The fourth-order valence-corrected chi connectivity index (χ4v) is 2.40. The summed E-state index contributed by atoms with van der Waals surface area (Å²) < 4.78 is 6.78. The predicted octanol–water partition coefficient (Wildman–Crippen LogP) is 4.23. The van der Waals surface area contributed by atoms with Gasteiger partial charge in [0.05, 0.1) is 4.47 Å². The number of benzene rings is 2. The Morgan fingerprint density at radius 3 is 2.61 bits per heavy atom. The molecule has 18 heavy (non-hydrogen) atoms. The van der Waals surface area contributed by atoms with Crippen molar-refractivity contribution in [2.24, 2.45) is 0 Å². The van der Waals surface area contributed by atoms with Gasteiger partial charge in [0.25, 0.3) is 0 Å². The van der Waals surface area contributed by atoms with Crippen molar-refractivity contribution in [2.75, 3.05) is 5.73 Å². The highest BCUT2D eigenvalue weighted by Crippen LogP contribution is 2.27. The number of nitrogens with two attached hydrogens (primary N) is 1. The third-order valence-electron chi connectivity index (χ3n) is 2.91. The minimum absolute atomic E-state index is 0.486. The van der Waals surface area contributed by atoms with E-state index in [2.05, 4.69) is 15.9 Å². The van der Waals surface area contributed by atoms with Crippen LogP contribution in [0.15, 0.2) is 40.9 Å². The van der Waals surface area contributed by atoms with Gasteiger partial charge in [-0.15, -0.1) is 0 Å². The minimum atomic E-state index is 0.486. The zero-order valence-electron chi connectivity index (χ0n) is 10.5. The number of anilines is 1. The van der Waals surface area contributed by atoms with E-state index in [1.165, 1.54) is 5.56 Å². The third-order valence-corrected chi connectivity index (χ3v) is 3.53. The molecule has 0 aromatic heterocycles. The van der Waals surface area contributed by atoms with Gasteiger partial charge in [0.15, 0.2) is 0 Å². The first-order chi connectivity index (χ1) is 8.58. The Balaban J connectivity index is 2.16. The molecule has 2 rings (SSSR count). The van der Waals surface area contributed by atoms with Crippen LogP contribution in [0.2, 0.25) is 0 Å². The molecule has 0 radical (unpaired) electrons. The van der Waals surface area contributed by atoms with E-state index in [9.17, 15) is 0 Å². The maximum atomic E-state index is 5.96. The molecule has 0 atom stereocenters. The van der Waals surface area contributed by atoms with Crippen molar-refractivity contribution in [1.29, 1.82) is 0 Å². The van der Waals surface area contributed by atoms with Crippen molar-refractivity contribution in [1.82, 2.24) is 0 Å². The van der Waals surface area contributed by atoms with Crippen LogP contribution in [0.25, 0.3) is 0 Å². The molecule has 2 N–H and O–H groups in total. The molecule has 0 saturated heterocycles. The Bertz CT molecular complexity index is 546. The van der Waals surface area contributed by atoms with Crippen molar-refractivity contribution in [3.63, 3.8) is 0 Å². The smallest absolute Gasteiger partial charge is 0.134 e. The normalized spacial score (nSPS) is 10.4. The Morgan fingerprint density at radius 2 is 1.94 bits per heavy atom. The van der Waals surface area contributed by atoms with E-state index in [4.69, 9.17) is 10.5 Å². The number of aryl methyl sites for hydroxylation is 2. The standard InChI is InChI=1S/C15H16BrNO/c1-10-6-7-15(13(16)8-10)18-9-12-11(2)4-3-5-14(12)17/h3-8H,9,17H2,1-2H3. The molecular weight excluding hydrogens is 290 g/mol. The summed E-state index contributed by atoms with van der Waals surface area (Å²) in [4.78, 5) is 0. The van der Waals surface area contributed by atoms with Gasteiger partial charge in [-0.3, -0.25) is 0 Å². The highest BCUT2D eigenvalue weighted by Gasteiger charge is 2.06. The van der Waals surface area contributed by atoms with Crippen LogP contribution < -0.4 is 10.5 Å². The molecule has 0 saturated carbocycles. The van der Waals surface area contributed by atoms with Gasteiger partial charge in [0.1, 0.15) is 12.4 Å². The minimum Gasteiger partial charge on any atom is -0.488 e. The lowest BCUT2D eigenvalue weighted by molar-refractivity contribution is 0.304. The van der Waals surface area contributed by atoms with Gasteiger partial charge in [0.2, 0.25) is 0 Å². The zero-order valence-corrected chi connectivity index (χ0v) is 12.1. The second-order valence-corrected chi connectivity index (χ2v) is 5.22. The zero-order chi connectivity index (χ0) is 13.1. The van der Waals surface area contributed by atoms with E-state index in [-0.39, 0.29) is 0 Å². The van der Waals surface area contributed by atoms with Crippen LogP contribution in [0.1, 0.15) is 16.7 Å². The fraction of sp³-hybridized carbons (Fsp3) is 0.200. The third kappa shape index (κ3) is 2.85. The lowest BCUT2D eigenvalue weighted by Crippen LogP contribution is -2.02. The molecule has 0 aliphatic rings. The maximum absolute atomic E-state index is 5.96. The molecule has 2 aromatic carbocycles. The van der Waals surface area contributed by atoms with Crippen molar-refractivity contribution < 1.29 is 4.74 Å². The van der Waals surface area contributed by atoms with Crippen molar-refractivity contribution >= 4 is 21.6 Å². The molecule has 0 heterocycles. The largest absolute Gasteiger partial charge is 0.488 e. The number of hydrogen-bond acceptors (Lipinski definition) is 2. The highest BCUT2D eigenvalue weighted by molar-refractivity contribution is 9.10. The second kappa shape index (κ2) is 5.44. The Morgan fingerprint density at radius 1 is 1.17 bits per heavy atom. The van der Waals surface area contributed by atoms with Crippen molar-refractivity contribution in [2.45, 2.75) is 20.5 Å². The molecule has 94 valence electrons. The topological polar surface area (TPSA) is 35.2 Å². The second-order valence-electron chi connectivity index (χ2n) is 4.37. The van der Waals surface area contributed by atoms with E-state index in [0.717, 1.165) is 27.0 Å². The molecule has 0 fully saturated rings. The summed E-state index contributed by atoms with van der Waals surface area (Å²) in [7, 11) is 0. The summed E-state index contributed by atoms with van der Waals surface area (Å²) in [5, 5.41) is 0. The lowest BCUT2D eigenvalue weighted by Gasteiger charge is -2.12. The number of ether oxygens (including phenoxy) is 1. The fourth-order valence-electron chi connectivity index (χ4n) is 1.79. The monoisotopic (exact) mass is 305 g/mol. The molecule has 0 spiro atoms. The van der Waals surface area contributed by atoms with Gasteiger partial charge in [-0.1, -0.05) is 18.2 Å². The molecule has 3 heteroatoms. The van der Waals surface area contributed by atoms with Gasteiger partial charge in [-0.25, -0.2) is 0 Å². The average molecular weight is 306 g/mol. The molecule has 0 bridgehead atoms. The Hall–Kier alpha value is -1.48. The molecule has 2 nitrogen and oxygen atoms in total. The first-order valence-corrected chi connectivity index (χ1v) is 6.60. The van der Waals surface area contributed by atoms with Crippen LogP contribution in [0.4, 0.5) is 5.69 Å². The van der Waals surface area contributed by atoms with E-state index in [0.29, 0.717) is 6.61 Å². The number of halogens is 1. The van der Waals surface area contributed by atoms with E-state index in [1.54, 1.807) is 0 Å². The summed E-state index contributed by atoms with van der Waals surface area (Å²) >= 11 is 3.50. The molecule has 2 aromatic rings. The first kappa shape index (κ1) is 13.0. The van der Waals surface area contributed by atoms with Crippen molar-refractivity contribution in [3.05, 3.63) is 57.6 Å². The van der Waals surface area contributed by atoms with E-state index in [1.807, 2.05) is 50.2 Å². The Kier molecular flexibility index (Phi) is 3.92. The summed E-state index contributed by atoms with van der Waals surface area (Å²) in [6.45, 7) is 4.58. The summed E-state index contributed by atoms with van der Waals surface area (Å²) in [6.07, 6.45) is 0. The van der Waals surface area contributed by atoms with E-state index < -0.39 is 0 Å². The summed E-state index contributed by atoms with van der Waals surface area (Å²) in [5.74, 6) is 0.836. The molecule has 0 unspecified atom stereocenters. The van der Waals surface area contributed by atoms with Gasteiger partial charge in [-0.05, 0) is 59.1 Å². The number of nitrogen functional groups attached to an aromatic ring is 1. The molecule has 0 aliphatic heterocycles. The molecule has 0 aliphatic carbocycles. The predicted molar refractivity (Wildman–Crippen MR) is 78.8 cm³/mol. The average Bonchev–Trinajstić information content (AvgIpc) is 2.31.